The summed E-state index contributed by atoms with van der Waals surface area (Å²) < 4.78 is 5.64. The summed E-state index contributed by atoms with van der Waals surface area (Å²) in [6.07, 6.45) is 0.213. The van der Waals surface area contributed by atoms with Crippen LogP contribution in [0.15, 0.2) is 54.6 Å². The zero-order valence-electron chi connectivity index (χ0n) is 11.6. The lowest BCUT2D eigenvalue weighted by atomic mass is 10.1. The Balaban J connectivity index is 1.89. The first kappa shape index (κ1) is 14.8. The van der Waals surface area contributed by atoms with Gasteiger partial charge in [0, 0.05) is 18.4 Å². The number of benzene rings is 2. The molecular formula is C17H17NO3. The third kappa shape index (κ3) is 4.76. The fraction of sp³-hybridized carbons (Fsp3) is 0.176. The van der Waals surface area contributed by atoms with E-state index in [1.807, 2.05) is 30.3 Å². The summed E-state index contributed by atoms with van der Waals surface area (Å²) in [6.45, 7) is 0.482. The molecule has 0 atom stereocenters. The largest absolute Gasteiger partial charge is 0.489 e. The van der Waals surface area contributed by atoms with E-state index >= 15 is 0 Å². The predicted octanol–water partition coefficient (Wildman–Crippen LogP) is 2.71. The van der Waals surface area contributed by atoms with Gasteiger partial charge in [0.1, 0.15) is 12.4 Å². The van der Waals surface area contributed by atoms with Crippen LogP contribution in [0, 0.1) is 0 Å². The SMILES string of the molecule is NC(=O)CCC(=O)c1ccc(OCc2ccccc2)cc1. The van der Waals surface area contributed by atoms with Gasteiger partial charge < -0.3 is 10.5 Å². The number of hydrogen-bond acceptors (Lipinski definition) is 3. The lowest BCUT2D eigenvalue weighted by Gasteiger charge is -2.07. The summed E-state index contributed by atoms with van der Waals surface area (Å²) in [5, 5.41) is 0. The van der Waals surface area contributed by atoms with Crippen molar-refractivity contribution < 1.29 is 14.3 Å². The van der Waals surface area contributed by atoms with Gasteiger partial charge in [0.2, 0.25) is 5.91 Å². The van der Waals surface area contributed by atoms with Crippen molar-refractivity contribution in [1.29, 1.82) is 0 Å². The van der Waals surface area contributed by atoms with Gasteiger partial charge in [-0.3, -0.25) is 9.59 Å². The van der Waals surface area contributed by atoms with Crippen molar-refractivity contribution >= 4 is 11.7 Å². The molecule has 2 rings (SSSR count). The highest BCUT2D eigenvalue weighted by Crippen LogP contribution is 2.15. The summed E-state index contributed by atoms with van der Waals surface area (Å²) in [7, 11) is 0. The number of carbonyl (C=O) groups excluding carboxylic acids is 2. The molecule has 4 heteroatoms. The minimum absolute atomic E-state index is 0.0745. The number of rotatable bonds is 7. The number of primary amides is 1. The van der Waals surface area contributed by atoms with Crippen LogP contribution >= 0.6 is 0 Å². The highest BCUT2D eigenvalue weighted by molar-refractivity contribution is 5.97. The molecule has 4 nitrogen and oxygen atoms in total. The molecule has 0 aliphatic rings. The molecular weight excluding hydrogens is 266 g/mol. The topological polar surface area (TPSA) is 69.4 Å². The third-order valence-electron chi connectivity index (χ3n) is 3.02. The number of ether oxygens (including phenoxy) is 1. The van der Waals surface area contributed by atoms with Crippen LogP contribution in [0.5, 0.6) is 5.75 Å². The van der Waals surface area contributed by atoms with Gasteiger partial charge >= 0.3 is 0 Å². The molecule has 2 N–H and O–H groups in total. The van der Waals surface area contributed by atoms with Crippen LogP contribution < -0.4 is 10.5 Å². The highest BCUT2D eigenvalue weighted by atomic mass is 16.5. The smallest absolute Gasteiger partial charge is 0.217 e. The van der Waals surface area contributed by atoms with Crippen LogP contribution in [-0.2, 0) is 11.4 Å². The van der Waals surface area contributed by atoms with Gasteiger partial charge in [-0.1, -0.05) is 30.3 Å². The Kier molecular flexibility index (Phi) is 5.10. The van der Waals surface area contributed by atoms with Crippen molar-refractivity contribution in [2.24, 2.45) is 5.73 Å². The molecule has 108 valence electrons. The number of Topliss-reactive ketones (excluding diaryl/α,β-unsaturated/α-hetero) is 1. The summed E-state index contributed by atoms with van der Waals surface area (Å²) in [5.41, 5.74) is 6.67. The summed E-state index contributed by atoms with van der Waals surface area (Å²) >= 11 is 0. The van der Waals surface area contributed by atoms with E-state index in [-0.39, 0.29) is 18.6 Å². The maximum absolute atomic E-state index is 11.8. The second kappa shape index (κ2) is 7.24. The van der Waals surface area contributed by atoms with Gasteiger partial charge in [0.15, 0.2) is 5.78 Å². The first-order chi connectivity index (χ1) is 10.1. The van der Waals surface area contributed by atoms with Crippen LogP contribution in [0.4, 0.5) is 0 Å². The van der Waals surface area contributed by atoms with Gasteiger partial charge in [-0.2, -0.15) is 0 Å². The molecule has 0 heterocycles. The summed E-state index contributed by atoms with van der Waals surface area (Å²) in [5.74, 6) is 0.139. The summed E-state index contributed by atoms with van der Waals surface area (Å²) in [4.78, 5) is 22.5. The second-order valence-electron chi connectivity index (χ2n) is 4.69. The molecule has 0 saturated heterocycles. The maximum atomic E-state index is 11.8. The van der Waals surface area contributed by atoms with Crippen molar-refractivity contribution in [1.82, 2.24) is 0 Å². The second-order valence-corrected chi connectivity index (χ2v) is 4.69. The molecule has 0 aliphatic heterocycles. The Morgan fingerprint density at radius 1 is 0.905 bits per heavy atom. The van der Waals surface area contributed by atoms with E-state index in [9.17, 15) is 9.59 Å². The van der Waals surface area contributed by atoms with Gasteiger partial charge in [-0.05, 0) is 29.8 Å². The van der Waals surface area contributed by atoms with Gasteiger partial charge in [0.25, 0.3) is 0 Å². The van der Waals surface area contributed by atoms with Gasteiger partial charge in [0.05, 0.1) is 0 Å². The quantitative estimate of drug-likeness (QED) is 0.794. The Morgan fingerprint density at radius 3 is 2.19 bits per heavy atom. The van der Waals surface area contributed by atoms with Crippen LogP contribution in [0.1, 0.15) is 28.8 Å². The van der Waals surface area contributed by atoms with E-state index in [0.29, 0.717) is 17.9 Å². The van der Waals surface area contributed by atoms with Crippen molar-refractivity contribution in [2.45, 2.75) is 19.4 Å². The van der Waals surface area contributed by atoms with Gasteiger partial charge in [-0.25, -0.2) is 0 Å². The number of carbonyl (C=O) groups is 2. The fourth-order valence-electron chi connectivity index (χ4n) is 1.86. The van der Waals surface area contributed by atoms with Crippen molar-refractivity contribution in [2.75, 3.05) is 0 Å². The average Bonchev–Trinajstić information content (AvgIpc) is 2.52. The number of ketones is 1. The van der Waals surface area contributed by atoms with E-state index in [0.717, 1.165) is 5.56 Å². The molecule has 0 aliphatic carbocycles. The Hall–Kier alpha value is -2.62. The molecule has 1 amide bonds. The minimum atomic E-state index is -0.467. The standard InChI is InChI=1S/C17H17NO3/c18-17(20)11-10-16(19)14-6-8-15(9-7-14)21-12-13-4-2-1-3-5-13/h1-9H,10-12H2,(H2,18,20). The van der Waals surface area contributed by atoms with Crippen LogP contribution in [-0.4, -0.2) is 11.7 Å². The molecule has 21 heavy (non-hydrogen) atoms. The third-order valence-corrected chi connectivity index (χ3v) is 3.02. The maximum Gasteiger partial charge on any atom is 0.217 e. The number of amides is 1. The Bertz CT molecular complexity index is 606. The normalized spacial score (nSPS) is 10.1. The molecule has 0 bridgehead atoms. The van der Waals surface area contributed by atoms with Crippen LogP contribution in [0.3, 0.4) is 0 Å². The molecule has 0 saturated carbocycles. The highest BCUT2D eigenvalue weighted by Gasteiger charge is 2.07. The number of hydrogen-bond donors (Lipinski definition) is 1. The fourth-order valence-corrected chi connectivity index (χ4v) is 1.86. The molecule has 0 aromatic heterocycles. The van der Waals surface area contributed by atoms with Crippen molar-refractivity contribution in [3.05, 3.63) is 65.7 Å². The lowest BCUT2D eigenvalue weighted by Crippen LogP contribution is -2.12. The monoisotopic (exact) mass is 283 g/mol. The molecule has 2 aromatic rings. The zero-order chi connectivity index (χ0) is 15.1. The van der Waals surface area contributed by atoms with Crippen LogP contribution in [0.2, 0.25) is 0 Å². The number of nitrogens with two attached hydrogens (primary N) is 1. The Labute approximate surface area is 123 Å². The van der Waals surface area contributed by atoms with E-state index in [1.54, 1.807) is 24.3 Å². The van der Waals surface area contributed by atoms with Crippen molar-refractivity contribution in [3.63, 3.8) is 0 Å². The molecule has 2 aromatic carbocycles. The average molecular weight is 283 g/mol. The van der Waals surface area contributed by atoms with Gasteiger partial charge in [-0.15, -0.1) is 0 Å². The Morgan fingerprint density at radius 2 is 1.57 bits per heavy atom. The van der Waals surface area contributed by atoms with E-state index < -0.39 is 5.91 Å². The first-order valence-electron chi connectivity index (χ1n) is 6.73. The van der Waals surface area contributed by atoms with Crippen LogP contribution in [0.25, 0.3) is 0 Å². The molecule has 0 radical (unpaired) electrons. The zero-order valence-corrected chi connectivity index (χ0v) is 11.6. The lowest BCUT2D eigenvalue weighted by molar-refractivity contribution is -0.118. The van der Waals surface area contributed by atoms with E-state index in [1.165, 1.54) is 0 Å². The molecule has 0 fully saturated rings. The minimum Gasteiger partial charge on any atom is -0.489 e. The van der Waals surface area contributed by atoms with Crippen molar-refractivity contribution in [3.8, 4) is 5.75 Å². The molecule has 0 spiro atoms. The summed E-state index contributed by atoms with van der Waals surface area (Å²) in [6, 6.07) is 16.7. The van der Waals surface area contributed by atoms with E-state index in [4.69, 9.17) is 10.5 Å². The van der Waals surface area contributed by atoms with E-state index in [2.05, 4.69) is 0 Å². The molecule has 0 unspecified atom stereocenters. The first-order valence-corrected chi connectivity index (χ1v) is 6.73. The predicted molar refractivity (Wildman–Crippen MR) is 80.0 cm³/mol.